The van der Waals surface area contributed by atoms with Gasteiger partial charge in [0.15, 0.2) is 29.4 Å². The molecule has 1 unspecified atom stereocenters. The van der Waals surface area contributed by atoms with Crippen molar-refractivity contribution >= 4 is 28.8 Å². The molecule has 0 radical (unpaired) electrons. The summed E-state index contributed by atoms with van der Waals surface area (Å²) in [7, 11) is 0. The molecule has 0 aliphatic carbocycles. The zero-order valence-corrected chi connectivity index (χ0v) is 15.1. The van der Waals surface area contributed by atoms with Crippen molar-refractivity contribution in [2.75, 3.05) is 6.61 Å². The van der Waals surface area contributed by atoms with Gasteiger partial charge in [0.1, 0.15) is 12.7 Å². The maximum Gasteiger partial charge on any atom is 0.303 e. The Bertz CT molecular complexity index is 520. The largest absolute Gasteiger partial charge is 0.465 e. The summed E-state index contributed by atoms with van der Waals surface area (Å²) in [6.07, 6.45) is -2.79. The standard InChI is InChI=1S/C15H22O8S/c1-7(16)19-6-10(24-9(3)18)11-12(20-8(2)17)13-14(21-11)23-15(4,5)22-13/h10-14H,6H2,1-5H3/t10?,11-,12+,13-,14-/m1/s1. The van der Waals surface area contributed by atoms with Crippen molar-refractivity contribution < 1.29 is 38.1 Å². The number of ether oxygens (including phenoxy) is 5. The second-order valence-corrected chi connectivity index (χ2v) is 7.51. The third kappa shape index (κ3) is 4.69. The maximum absolute atomic E-state index is 11.5. The molecule has 2 aliphatic heterocycles. The second kappa shape index (κ2) is 7.38. The summed E-state index contributed by atoms with van der Waals surface area (Å²) in [6, 6.07) is 0. The summed E-state index contributed by atoms with van der Waals surface area (Å²) in [6.45, 7) is 7.37. The van der Waals surface area contributed by atoms with Gasteiger partial charge in [-0.25, -0.2) is 0 Å². The summed E-state index contributed by atoms with van der Waals surface area (Å²) >= 11 is 0.965. The van der Waals surface area contributed by atoms with Gasteiger partial charge in [0.05, 0.1) is 5.25 Å². The predicted molar refractivity (Wildman–Crippen MR) is 82.9 cm³/mol. The van der Waals surface area contributed by atoms with Crippen molar-refractivity contribution in [3.8, 4) is 0 Å². The molecular formula is C15H22O8S. The van der Waals surface area contributed by atoms with Gasteiger partial charge < -0.3 is 23.7 Å². The van der Waals surface area contributed by atoms with Crippen LogP contribution in [0.1, 0.15) is 34.6 Å². The van der Waals surface area contributed by atoms with Gasteiger partial charge in [0, 0.05) is 20.8 Å². The Balaban J connectivity index is 2.19. The molecule has 0 N–H and O–H groups in total. The first-order valence-electron chi connectivity index (χ1n) is 7.58. The summed E-state index contributed by atoms with van der Waals surface area (Å²) in [5.41, 5.74) is 0. The van der Waals surface area contributed by atoms with E-state index in [-0.39, 0.29) is 11.7 Å². The molecule has 0 aromatic rings. The molecule has 0 aromatic heterocycles. The van der Waals surface area contributed by atoms with Crippen LogP contribution in [0.25, 0.3) is 0 Å². The lowest BCUT2D eigenvalue weighted by molar-refractivity contribution is -0.219. The smallest absolute Gasteiger partial charge is 0.303 e. The van der Waals surface area contributed by atoms with Crippen LogP contribution in [0.5, 0.6) is 0 Å². The first-order valence-corrected chi connectivity index (χ1v) is 8.46. The molecule has 9 heteroatoms. The summed E-state index contributed by atoms with van der Waals surface area (Å²) in [5, 5.41) is -0.715. The molecule has 0 aromatic carbocycles. The molecular weight excluding hydrogens is 340 g/mol. The van der Waals surface area contributed by atoms with Crippen LogP contribution in [0.4, 0.5) is 0 Å². The number of hydrogen-bond acceptors (Lipinski definition) is 9. The molecule has 24 heavy (non-hydrogen) atoms. The highest BCUT2D eigenvalue weighted by molar-refractivity contribution is 8.14. The number of hydrogen-bond donors (Lipinski definition) is 0. The van der Waals surface area contributed by atoms with Crippen LogP contribution in [-0.2, 0) is 38.1 Å². The zero-order valence-electron chi connectivity index (χ0n) is 14.3. The Kier molecular flexibility index (Phi) is 5.90. The van der Waals surface area contributed by atoms with Crippen molar-refractivity contribution in [2.45, 2.75) is 70.3 Å². The molecule has 0 saturated carbocycles. The minimum Gasteiger partial charge on any atom is -0.465 e. The number of esters is 2. The lowest BCUT2D eigenvalue weighted by Gasteiger charge is -2.29. The Morgan fingerprint density at radius 3 is 2.33 bits per heavy atom. The molecule has 0 spiro atoms. The van der Waals surface area contributed by atoms with Crippen molar-refractivity contribution in [2.24, 2.45) is 0 Å². The molecule has 2 saturated heterocycles. The number of fused-ring (bicyclic) bond motifs is 1. The molecule has 0 amide bonds. The van der Waals surface area contributed by atoms with Crippen LogP contribution in [-0.4, -0.2) is 59.3 Å². The second-order valence-electron chi connectivity index (χ2n) is 6.09. The van der Waals surface area contributed by atoms with Crippen LogP contribution < -0.4 is 0 Å². The Hall–Kier alpha value is -1.16. The van der Waals surface area contributed by atoms with Crippen molar-refractivity contribution in [3.63, 3.8) is 0 Å². The Morgan fingerprint density at radius 1 is 1.12 bits per heavy atom. The highest BCUT2D eigenvalue weighted by Crippen LogP contribution is 2.41. The highest BCUT2D eigenvalue weighted by Gasteiger charge is 2.58. The van der Waals surface area contributed by atoms with Crippen LogP contribution in [0, 0.1) is 0 Å². The van der Waals surface area contributed by atoms with Crippen LogP contribution in [0.2, 0.25) is 0 Å². The SMILES string of the molecule is CC(=O)OCC(SC(C)=O)[C@H]1O[C@@H]2OC(C)(C)O[C@@H]2[C@H]1OC(C)=O. The van der Waals surface area contributed by atoms with E-state index in [9.17, 15) is 14.4 Å². The zero-order chi connectivity index (χ0) is 18.1. The lowest BCUT2D eigenvalue weighted by Crippen LogP contribution is -2.44. The lowest BCUT2D eigenvalue weighted by atomic mass is 10.1. The number of thioether (sulfide) groups is 1. The summed E-state index contributed by atoms with van der Waals surface area (Å²) < 4.78 is 27.7. The fraction of sp³-hybridized carbons (Fsp3) is 0.800. The van der Waals surface area contributed by atoms with E-state index < -0.39 is 47.6 Å². The third-order valence-corrected chi connectivity index (χ3v) is 4.50. The van der Waals surface area contributed by atoms with Crippen LogP contribution in [0.15, 0.2) is 0 Å². The van der Waals surface area contributed by atoms with Gasteiger partial charge in [-0.2, -0.15) is 0 Å². The molecule has 136 valence electrons. The summed E-state index contributed by atoms with van der Waals surface area (Å²) in [5.74, 6) is -1.83. The fourth-order valence-electron chi connectivity index (χ4n) is 2.74. The average molecular weight is 362 g/mol. The number of carbonyl (C=O) groups excluding carboxylic acids is 3. The predicted octanol–water partition coefficient (Wildman–Crippen LogP) is 1.01. The quantitative estimate of drug-likeness (QED) is 0.664. The van der Waals surface area contributed by atoms with Crippen molar-refractivity contribution in [1.82, 2.24) is 0 Å². The maximum atomic E-state index is 11.5. The number of carbonyl (C=O) groups is 3. The topological polar surface area (TPSA) is 97.4 Å². The van der Waals surface area contributed by atoms with Gasteiger partial charge in [-0.3, -0.25) is 14.4 Å². The molecule has 5 atom stereocenters. The van der Waals surface area contributed by atoms with Gasteiger partial charge in [-0.05, 0) is 13.8 Å². The molecule has 2 heterocycles. The third-order valence-electron chi connectivity index (χ3n) is 3.46. The minimum absolute atomic E-state index is 0.0507. The van der Waals surface area contributed by atoms with Gasteiger partial charge in [0.25, 0.3) is 0 Å². The highest BCUT2D eigenvalue weighted by atomic mass is 32.2. The van der Waals surface area contributed by atoms with E-state index in [0.717, 1.165) is 11.8 Å². The molecule has 0 bridgehead atoms. The van der Waals surface area contributed by atoms with Gasteiger partial charge in [-0.15, -0.1) is 0 Å². The molecule has 2 aliphatic rings. The van der Waals surface area contributed by atoms with Crippen molar-refractivity contribution in [1.29, 1.82) is 0 Å². The van der Waals surface area contributed by atoms with Crippen LogP contribution in [0.3, 0.4) is 0 Å². The van der Waals surface area contributed by atoms with E-state index in [4.69, 9.17) is 23.7 Å². The first kappa shape index (κ1) is 19.2. The van der Waals surface area contributed by atoms with Gasteiger partial charge >= 0.3 is 11.9 Å². The van der Waals surface area contributed by atoms with Crippen LogP contribution >= 0.6 is 11.8 Å². The molecule has 8 nitrogen and oxygen atoms in total. The average Bonchev–Trinajstić information content (AvgIpc) is 2.87. The Labute approximate surface area is 144 Å². The Morgan fingerprint density at radius 2 is 1.79 bits per heavy atom. The van der Waals surface area contributed by atoms with E-state index >= 15 is 0 Å². The van der Waals surface area contributed by atoms with E-state index in [0.29, 0.717) is 0 Å². The molecule has 2 rings (SSSR count). The van der Waals surface area contributed by atoms with E-state index in [1.165, 1.54) is 20.8 Å². The fourth-order valence-corrected chi connectivity index (χ4v) is 3.65. The van der Waals surface area contributed by atoms with E-state index in [1.54, 1.807) is 13.8 Å². The summed E-state index contributed by atoms with van der Waals surface area (Å²) in [4.78, 5) is 34.1. The molecule has 2 fully saturated rings. The normalized spacial score (nSPS) is 32.0. The van der Waals surface area contributed by atoms with Crippen molar-refractivity contribution in [3.05, 3.63) is 0 Å². The minimum atomic E-state index is -0.863. The van der Waals surface area contributed by atoms with Gasteiger partial charge in [-0.1, -0.05) is 11.8 Å². The van der Waals surface area contributed by atoms with E-state index in [2.05, 4.69) is 0 Å². The monoisotopic (exact) mass is 362 g/mol. The van der Waals surface area contributed by atoms with E-state index in [1.807, 2.05) is 0 Å². The van der Waals surface area contributed by atoms with Gasteiger partial charge in [0.2, 0.25) is 0 Å². The first-order chi connectivity index (χ1) is 11.1. The number of rotatable bonds is 5.